The van der Waals surface area contributed by atoms with Crippen LogP contribution in [0.3, 0.4) is 0 Å². The third kappa shape index (κ3) is 1.76. The van der Waals surface area contributed by atoms with Crippen molar-refractivity contribution in [3.63, 3.8) is 0 Å². The van der Waals surface area contributed by atoms with Gasteiger partial charge < -0.3 is 10.8 Å². The smallest absolute Gasteiger partial charge is 0.102 e. The molecule has 0 amide bonds. The summed E-state index contributed by atoms with van der Waals surface area (Å²) in [7, 11) is 1.86. The van der Waals surface area contributed by atoms with Gasteiger partial charge in [0, 0.05) is 25.2 Å². The van der Waals surface area contributed by atoms with Crippen molar-refractivity contribution in [2.24, 2.45) is 24.1 Å². The summed E-state index contributed by atoms with van der Waals surface area (Å²) in [6, 6.07) is 1.88. The molecule has 1 saturated carbocycles. The Morgan fingerprint density at radius 1 is 1.75 bits per heavy atom. The summed E-state index contributed by atoms with van der Waals surface area (Å²) in [5.41, 5.74) is 6.63. The second-order valence-electron chi connectivity index (χ2n) is 5.20. The van der Waals surface area contributed by atoms with E-state index in [0.717, 1.165) is 25.0 Å². The molecule has 90 valence electrons. The van der Waals surface area contributed by atoms with Crippen molar-refractivity contribution in [1.29, 1.82) is 0 Å². The number of nitrogens with two attached hydrogens (primary N) is 1. The molecule has 3 atom stereocenters. The molecular weight excluding hydrogens is 202 g/mol. The minimum atomic E-state index is -0.491. The predicted molar refractivity (Wildman–Crippen MR) is 62.7 cm³/mol. The highest BCUT2D eigenvalue weighted by atomic mass is 16.3. The maximum Gasteiger partial charge on any atom is 0.102 e. The number of aliphatic hydroxyl groups is 1. The molecule has 0 saturated heterocycles. The average Bonchev–Trinajstić information content (AvgIpc) is 2.84. The van der Waals surface area contributed by atoms with Gasteiger partial charge >= 0.3 is 0 Å². The zero-order valence-electron chi connectivity index (χ0n) is 10.1. The van der Waals surface area contributed by atoms with Crippen LogP contribution in [-0.4, -0.2) is 21.4 Å². The first-order valence-electron chi connectivity index (χ1n) is 5.95. The van der Waals surface area contributed by atoms with Crippen molar-refractivity contribution in [2.75, 3.05) is 6.54 Å². The monoisotopic (exact) mass is 223 g/mol. The molecule has 0 spiro atoms. The van der Waals surface area contributed by atoms with Crippen molar-refractivity contribution in [3.8, 4) is 0 Å². The molecule has 1 aliphatic rings. The number of aryl methyl sites for hydroxylation is 1. The van der Waals surface area contributed by atoms with E-state index in [0.29, 0.717) is 12.5 Å². The molecule has 3 unspecified atom stereocenters. The second kappa shape index (κ2) is 4.18. The molecular formula is C12H21N3O. The molecule has 1 heterocycles. The first kappa shape index (κ1) is 11.6. The van der Waals surface area contributed by atoms with Crippen molar-refractivity contribution in [3.05, 3.63) is 18.0 Å². The molecule has 0 aliphatic heterocycles. The molecule has 4 nitrogen and oxygen atoms in total. The lowest BCUT2D eigenvalue weighted by Gasteiger charge is -2.33. The Hall–Kier alpha value is -0.870. The van der Waals surface area contributed by atoms with Gasteiger partial charge in [0.1, 0.15) is 6.10 Å². The maximum atomic E-state index is 10.5. The highest BCUT2D eigenvalue weighted by Gasteiger charge is 2.43. The zero-order valence-corrected chi connectivity index (χ0v) is 10.1. The molecule has 3 N–H and O–H groups in total. The zero-order chi connectivity index (χ0) is 11.8. The third-order valence-electron chi connectivity index (χ3n) is 4.02. The van der Waals surface area contributed by atoms with Crippen LogP contribution in [0.5, 0.6) is 0 Å². The van der Waals surface area contributed by atoms with Crippen molar-refractivity contribution in [2.45, 2.75) is 32.3 Å². The number of rotatable bonds is 3. The summed E-state index contributed by atoms with van der Waals surface area (Å²) in [6.07, 6.45) is 4.41. The summed E-state index contributed by atoms with van der Waals surface area (Å²) >= 11 is 0. The lowest BCUT2D eigenvalue weighted by Crippen LogP contribution is -2.35. The first-order chi connectivity index (χ1) is 7.59. The van der Waals surface area contributed by atoms with Gasteiger partial charge in [-0.05, 0) is 24.8 Å². The van der Waals surface area contributed by atoms with Crippen molar-refractivity contribution in [1.82, 2.24) is 9.78 Å². The number of hydrogen-bond acceptors (Lipinski definition) is 3. The lowest BCUT2D eigenvalue weighted by molar-refractivity contribution is 0.0246. The van der Waals surface area contributed by atoms with E-state index < -0.39 is 6.10 Å². The molecule has 0 aromatic carbocycles. The van der Waals surface area contributed by atoms with Crippen LogP contribution in [-0.2, 0) is 7.05 Å². The second-order valence-corrected chi connectivity index (χ2v) is 5.20. The number of nitrogens with zero attached hydrogens (tertiary/aromatic N) is 2. The summed E-state index contributed by atoms with van der Waals surface area (Å²) in [5.74, 6) is 0.659. The number of hydrogen-bond donors (Lipinski definition) is 2. The van der Waals surface area contributed by atoms with Crippen LogP contribution in [0.15, 0.2) is 12.3 Å². The Balaban J connectivity index is 2.26. The van der Waals surface area contributed by atoms with E-state index in [1.165, 1.54) is 0 Å². The van der Waals surface area contributed by atoms with Crippen LogP contribution in [0.25, 0.3) is 0 Å². The highest BCUT2D eigenvalue weighted by molar-refractivity contribution is 5.11. The molecule has 1 aromatic heterocycles. The fourth-order valence-corrected chi connectivity index (χ4v) is 2.94. The van der Waals surface area contributed by atoms with Crippen LogP contribution in [0, 0.1) is 11.3 Å². The lowest BCUT2D eigenvalue weighted by atomic mass is 9.78. The Bertz CT molecular complexity index is 363. The summed E-state index contributed by atoms with van der Waals surface area (Å²) in [6.45, 7) is 2.77. The molecule has 1 aromatic rings. The predicted octanol–water partition coefficient (Wildman–Crippen LogP) is 1.22. The Kier molecular flexibility index (Phi) is 3.04. The van der Waals surface area contributed by atoms with Gasteiger partial charge in [-0.2, -0.15) is 5.10 Å². The average molecular weight is 223 g/mol. The fourth-order valence-electron chi connectivity index (χ4n) is 2.94. The van der Waals surface area contributed by atoms with Gasteiger partial charge in [0.05, 0.1) is 5.69 Å². The van der Waals surface area contributed by atoms with Crippen LogP contribution in [0.1, 0.15) is 38.0 Å². The molecule has 16 heavy (non-hydrogen) atoms. The van der Waals surface area contributed by atoms with Gasteiger partial charge in [-0.1, -0.05) is 13.3 Å². The Morgan fingerprint density at radius 2 is 2.50 bits per heavy atom. The van der Waals surface area contributed by atoms with Gasteiger partial charge in [-0.25, -0.2) is 0 Å². The molecule has 1 aliphatic carbocycles. The topological polar surface area (TPSA) is 64.1 Å². The highest BCUT2D eigenvalue weighted by Crippen LogP contribution is 2.48. The van der Waals surface area contributed by atoms with E-state index >= 15 is 0 Å². The van der Waals surface area contributed by atoms with Gasteiger partial charge in [-0.3, -0.25) is 4.68 Å². The van der Waals surface area contributed by atoms with Crippen LogP contribution in [0.2, 0.25) is 0 Å². The van der Waals surface area contributed by atoms with E-state index in [4.69, 9.17) is 5.73 Å². The summed E-state index contributed by atoms with van der Waals surface area (Å²) in [4.78, 5) is 0. The molecule has 1 fully saturated rings. The largest absolute Gasteiger partial charge is 0.386 e. The molecule has 0 radical (unpaired) electrons. The number of aromatic nitrogens is 2. The Labute approximate surface area is 96.5 Å². The van der Waals surface area contributed by atoms with Crippen LogP contribution >= 0.6 is 0 Å². The summed E-state index contributed by atoms with van der Waals surface area (Å²) < 4.78 is 1.74. The van der Waals surface area contributed by atoms with Crippen LogP contribution < -0.4 is 5.73 Å². The molecule has 4 heteroatoms. The molecule has 0 bridgehead atoms. The third-order valence-corrected chi connectivity index (χ3v) is 4.02. The van der Waals surface area contributed by atoms with E-state index in [1.54, 1.807) is 10.9 Å². The van der Waals surface area contributed by atoms with E-state index in [1.807, 2.05) is 13.1 Å². The van der Waals surface area contributed by atoms with E-state index in [9.17, 15) is 5.11 Å². The fraction of sp³-hybridized carbons (Fsp3) is 0.750. The summed E-state index contributed by atoms with van der Waals surface area (Å²) in [5, 5.41) is 14.6. The van der Waals surface area contributed by atoms with Gasteiger partial charge in [0.15, 0.2) is 0 Å². The standard InChI is InChI=1S/C12H21N3O/c1-9-3-5-12(7-9,8-13)11(16)10-4-6-14-15(10)2/h4,6,9,11,16H,3,5,7-8,13H2,1-2H3. The van der Waals surface area contributed by atoms with E-state index in [-0.39, 0.29) is 5.41 Å². The van der Waals surface area contributed by atoms with Gasteiger partial charge in [0.25, 0.3) is 0 Å². The quantitative estimate of drug-likeness (QED) is 0.809. The number of aliphatic hydroxyl groups excluding tert-OH is 1. The molecule has 2 rings (SSSR count). The Morgan fingerprint density at radius 3 is 2.94 bits per heavy atom. The minimum Gasteiger partial charge on any atom is -0.386 e. The van der Waals surface area contributed by atoms with Crippen molar-refractivity contribution < 1.29 is 5.11 Å². The first-order valence-corrected chi connectivity index (χ1v) is 5.95. The van der Waals surface area contributed by atoms with E-state index in [2.05, 4.69) is 12.0 Å². The van der Waals surface area contributed by atoms with Crippen LogP contribution in [0.4, 0.5) is 0 Å². The normalized spacial score (nSPS) is 31.9. The van der Waals surface area contributed by atoms with Gasteiger partial charge in [-0.15, -0.1) is 0 Å². The van der Waals surface area contributed by atoms with Crippen molar-refractivity contribution >= 4 is 0 Å². The SMILES string of the molecule is CC1CCC(CN)(C(O)c2ccnn2C)C1. The minimum absolute atomic E-state index is 0.146. The van der Waals surface area contributed by atoms with Gasteiger partial charge in [0.2, 0.25) is 0 Å². The maximum absolute atomic E-state index is 10.5.